The second kappa shape index (κ2) is 3.86. The molecule has 0 bridgehead atoms. The molecule has 0 heterocycles. The van der Waals surface area contributed by atoms with Gasteiger partial charge in [-0.15, -0.1) is 0 Å². The van der Waals surface area contributed by atoms with Gasteiger partial charge in [0.25, 0.3) is 0 Å². The molecule has 0 radical (unpaired) electrons. The predicted molar refractivity (Wildman–Crippen MR) is 39.3 cm³/mol. The van der Waals surface area contributed by atoms with Crippen LogP contribution in [0, 0.1) is 0 Å². The summed E-state index contributed by atoms with van der Waals surface area (Å²) in [6.07, 6.45) is 3.75. The van der Waals surface area contributed by atoms with E-state index in [0.29, 0.717) is 0 Å². The van der Waals surface area contributed by atoms with Crippen molar-refractivity contribution in [3.05, 3.63) is 0 Å². The predicted octanol–water partition coefficient (Wildman–Crippen LogP) is 3.31. The van der Waals surface area contributed by atoms with Gasteiger partial charge in [-0.1, -0.05) is 26.7 Å². The summed E-state index contributed by atoms with van der Waals surface area (Å²) in [6, 6.07) is 0. The molecule has 0 amide bonds. The lowest BCUT2D eigenvalue weighted by Gasteiger charge is -2.08. The van der Waals surface area contributed by atoms with Gasteiger partial charge in [0.05, 0.1) is 0 Å². The van der Waals surface area contributed by atoms with Crippen LogP contribution in [0.1, 0.15) is 46.5 Å². The van der Waals surface area contributed by atoms with E-state index >= 15 is 0 Å². The maximum Gasteiger partial charge on any atom is 0.108 e. The minimum atomic E-state index is -0.806. The van der Waals surface area contributed by atoms with Gasteiger partial charge in [0.2, 0.25) is 0 Å². The second-order valence-corrected chi connectivity index (χ2v) is 2.62. The zero-order valence-corrected chi connectivity index (χ0v) is 6.71. The highest BCUT2D eigenvalue weighted by Crippen LogP contribution is 2.31. The van der Waals surface area contributed by atoms with Crippen LogP contribution in [0.4, 0.5) is 4.39 Å². The second-order valence-electron chi connectivity index (χ2n) is 2.62. The van der Waals surface area contributed by atoms with Crippen LogP contribution in [0.5, 0.6) is 0 Å². The molecular weight excluding hydrogens is 115 g/mol. The number of rotatable bonds is 0. The summed E-state index contributed by atoms with van der Waals surface area (Å²) in [5, 5.41) is 0. The maximum atomic E-state index is 12.6. The van der Waals surface area contributed by atoms with E-state index in [9.17, 15) is 4.39 Å². The topological polar surface area (TPSA) is 0 Å². The molecule has 0 nitrogen and oxygen atoms in total. The Kier molecular flexibility index (Phi) is 3.83. The van der Waals surface area contributed by atoms with Crippen molar-refractivity contribution >= 4 is 0 Å². The monoisotopic (exact) mass is 132 g/mol. The fourth-order valence-corrected chi connectivity index (χ4v) is 1.11. The minimum Gasteiger partial charge on any atom is -0.244 e. The Morgan fingerprint density at radius 2 is 1.44 bits per heavy atom. The van der Waals surface area contributed by atoms with Gasteiger partial charge in [-0.25, -0.2) is 4.39 Å². The highest BCUT2D eigenvalue weighted by molar-refractivity contribution is 4.78. The first-order chi connectivity index (χ1) is 4.21. The number of hydrogen-bond acceptors (Lipinski definition) is 0. The molecule has 0 aromatic carbocycles. The summed E-state index contributed by atoms with van der Waals surface area (Å²) in [7, 11) is 0. The number of halogens is 1. The van der Waals surface area contributed by atoms with Gasteiger partial charge in [0.1, 0.15) is 5.67 Å². The van der Waals surface area contributed by atoms with Crippen molar-refractivity contribution in [1.82, 2.24) is 0 Å². The molecule has 1 saturated carbocycles. The summed E-state index contributed by atoms with van der Waals surface area (Å²) >= 11 is 0. The third-order valence-electron chi connectivity index (χ3n) is 1.65. The molecule has 1 heteroatoms. The SMILES string of the molecule is CC.CC1(F)CCCC1. The van der Waals surface area contributed by atoms with Crippen LogP contribution in [0.3, 0.4) is 0 Å². The Bertz CT molecular complexity index is 59.0. The Hall–Kier alpha value is -0.0700. The molecule has 0 aromatic rings. The third kappa shape index (κ3) is 3.50. The van der Waals surface area contributed by atoms with E-state index in [2.05, 4.69) is 0 Å². The van der Waals surface area contributed by atoms with E-state index < -0.39 is 5.67 Å². The van der Waals surface area contributed by atoms with Crippen molar-refractivity contribution in [2.45, 2.75) is 52.1 Å². The van der Waals surface area contributed by atoms with E-state index in [1.807, 2.05) is 13.8 Å². The number of hydrogen-bond donors (Lipinski definition) is 0. The zero-order valence-electron chi connectivity index (χ0n) is 6.71. The normalized spacial score (nSPS) is 22.7. The molecule has 0 saturated heterocycles. The average molecular weight is 132 g/mol. The van der Waals surface area contributed by atoms with Crippen LogP contribution in [0.2, 0.25) is 0 Å². The van der Waals surface area contributed by atoms with Crippen molar-refractivity contribution in [3.8, 4) is 0 Å². The molecule has 56 valence electrons. The molecular formula is C8H17F. The third-order valence-corrected chi connectivity index (χ3v) is 1.65. The molecule has 0 aliphatic heterocycles. The molecule has 0 atom stereocenters. The highest BCUT2D eigenvalue weighted by atomic mass is 19.1. The van der Waals surface area contributed by atoms with Gasteiger partial charge in [0, 0.05) is 0 Å². The Morgan fingerprint density at radius 3 is 1.56 bits per heavy atom. The summed E-state index contributed by atoms with van der Waals surface area (Å²) in [4.78, 5) is 0. The molecule has 0 N–H and O–H groups in total. The van der Waals surface area contributed by atoms with Crippen LogP contribution < -0.4 is 0 Å². The Labute approximate surface area is 57.5 Å². The van der Waals surface area contributed by atoms with Crippen molar-refractivity contribution in [2.24, 2.45) is 0 Å². The lowest BCUT2D eigenvalue weighted by molar-refractivity contribution is 0.200. The van der Waals surface area contributed by atoms with E-state index in [0.717, 1.165) is 25.7 Å². The maximum absolute atomic E-state index is 12.6. The Morgan fingerprint density at radius 1 is 1.11 bits per heavy atom. The summed E-state index contributed by atoms with van der Waals surface area (Å²) in [6.45, 7) is 5.69. The van der Waals surface area contributed by atoms with E-state index in [4.69, 9.17) is 0 Å². The van der Waals surface area contributed by atoms with Crippen molar-refractivity contribution in [2.75, 3.05) is 0 Å². The van der Waals surface area contributed by atoms with Crippen LogP contribution in [0.25, 0.3) is 0 Å². The average Bonchev–Trinajstić information content (AvgIpc) is 2.19. The molecule has 1 rings (SSSR count). The van der Waals surface area contributed by atoms with Crippen molar-refractivity contribution < 1.29 is 4.39 Å². The van der Waals surface area contributed by atoms with Gasteiger partial charge >= 0.3 is 0 Å². The standard InChI is InChI=1S/C6H11F.C2H6/c1-6(7)4-2-3-5-6;1-2/h2-5H2,1H3;1-2H3. The molecule has 1 aliphatic rings. The van der Waals surface area contributed by atoms with Gasteiger partial charge < -0.3 is 0 Å². The largest absolute Gasteiger partial charge is 0.244 e. The molecule has 1 fully saturated rings. The van der Waals surface area contributed by atoms with Crippen LogP contribution in [-0.2, 0) is 0 Å². The van der Waals surface area contributed by atoms with Crippen molar-refractivity contribution in [1.29, 1.82) is 0 Å². The number of alkyl halides is 1. The van der Waals surface area contributed by atoms with Gasteiger partial charge in [-0.05, 0) is 19.8 Å². The van der Waals surface area contributed by atoms with Gasteiger partial charge in [-0.2, -0.15) is 0 Å². The quantitative estimate of drug-likeness (QED) is 0.474. The minimum absolute atomic E-state index is 0.785. The van der Waals surface area contributed by atoms with Crippen LogP contribution in [0.15, 0.2) is 0 Å². The molecule has 0 spiro atoms. The molecule has 1 aliphatic carbocycles. The summed E-state index contributed by atoms with van der Waals surface area (Å²) in [5.74, 6) is 0. The van der Waals surface area contributed by atoms with Crippen molar-refractivity contribution in [3.63, 3.8) is 0 Å². The zero-order chi connectivity index (χ0) is 7.33. The Balaban J connectivity index is 0.000000291. The fraction of sp³-hybridized carbons (Fsp3) is 1.00. The van der Waals surface area contributed by atoms with E-state index in [-0.39, 0.29) is 0 Å². The summed E-state index contributed by atoms with van der Waals surface area (Å²) in [5.41, 5.74) is -0.806. The summed E-state index contributed by atoms with van der Waals surface area (Å²) < 4.78 is 12.6. The van der Waals surface area contributed by atoms with E-state index in [1.165, 1.54) is 0 Å². The highest BCUT2D eigenvalue weighted by Gasteiger charge is 2.26. The fourth-order valence-electron chi connectivity index (χ4n) is 1.11. The van der Waals surface area contributed by atoms with Gasteiger partial charge in [0.15, 0.2) is 0 Å². The first kappa shape index (κ1) is 8.93. The van der Waals surface area contributed by atoms with E-state index in [1.54, 1.807) is 6.92 Å². The van der Waals surface area contributed by atoms with Gasteiger partial charge in [-0.3, -0.25) is 0 Å². The lowest BCUT2D eigenvalue weighted by atomic mass is 10.1. The smallest absolute Gasteiger partial charge is 0.108 e. The van der Waals surface area contributed by atoms with Crippen LogP contribution >= 0.6 is 0 Å². The lowest BCUT2D eigenvalue weighted by Crippen LogP contribution is -2.09. The molecule has 0 unspecified atom stereocenters. The molecule has 0 aromatic heterocycles. The van der Waals surface area contributed by atoms with Crippen LogP contribution in [-0.4, -0.2) is 5.67 Å². The first-order valence-electron chi connectivity index (χ1n) is 3.90. The molecule has 9 heavy (non-hydrogen) atoms. The first-order valence-corrected chi connectivity index (χ1v) is 3.90.